The molecule has 1 atom stereocenters. The highest BCUT2D eigenvalue weighted by Crippen LogP contribution is 2.22. The Morgan fingerprint density at radius 3 is 2.83 bits per heavy atom. The summed E-state index contributed by atoms with van der Waals surface area (Å²) in [7, 11) is 0. The van der Waals surface area contributed by atoms with E-state index in [0.717, 1.165) is 18.4 Å². The molecule has 2 N–H and O–H groups in total. The van der Waals surface area contributed by atoms with Crippen molar-refractivity contribution in [2.45, 2.75) is 32.7 Å². The second-order valence-electron chi connectivity index (χ2n) is 4.37. The van der Waals surface area contributed by atoms with E-state index >= 15 is 0 Å². The highest BCUT2D eigenvalue weighted by Gasteiger charge is 2.15. The number of hydrogen-bond acceptors (Lipinski definition) is 4. The van der Waals surface area contributed by atoms with Crippen molar-refractivity contribution in [3.8, 4) is 11.5 Å². The number of rotatable bonds is 4. The number of aryl methyl sites for hydroxylation is 1. The summed E-state index contributed by atoms with van der Waals surface area (Å²) in [5.74, 6) is 0.454. The number of hydrogen-bond donors (Lipinski definition) is 1. The van der Waals surface area contributed by atoms with Crippen LogP contribution in [-0.2, 0) is 0 Å². The fraction of sp³-hybridized carbons (Fsp3) is 0.385. The Morgan fingerprint density at radius 1 is 1.39 bits per heavy atom. The first kappa shape index (κ1) is 12.7. The molecule has 0 saturated heterocycles. The lowest BCUT2D eigenvalue weighted by Gasteiger charge is -2.02. The fourth-order valence-corrected chi connectivity index (χ4v) is 1.80. The van der Waals surface area contributed by atoms with E-state index in [1.54, 1.807) is 6.07 Å². The molecule has 18 heavy (non-hydrogen) atoms. The van der Waals surface area contributed by atoms with Crippen LogP contribution in [0.25, 0.3) is 11.5 Å². The number of benzene rings is 1. The molecular weight excluding hydrogens is 233 g/mol. The molecule has 0 amide bonds. The summed E-state index contributed by atoms with van der Waals surface area (Å²) < 4.78 is 18.4. The van der Waals surface area contributed by atoms with Crippen LogP contribution in [0.1, 0.15) is 37.2 Å². The number of halogens is 1. The van der Waals surface area contributed by atoms with Crippen LogP contribution in [0.3, 0.4) is 0 Å². The Bertz CT molecular complexity index is 519. The van der Waals surface area contributed by atoms with E-state index < -0.39 is 0 Å². The van der Waals surface area contributed by atoms with Crippen LogP contribution in [0.2, 0.25) is 0 Å². The van der Waals surface area contributed by atoms with Gasteiger partial charge in [0.2, 0.25) is 0 Å². The summed E-state index contributed by atoms with van der Waals surface area (Å²) in [5.41, 5.74) is 7.28. The molecule has 0 aliphatic rings. The quantitative estimate of drug-likeness (QED) is 0.904. The van der Waals surface area contributed by atoms with E-state index in [9.17, 15) is 4.39 Å². The zero-order valence-electron chi connectivity index (χ0n) is 10.5. The van der Waals surface area contributed by atoms with Crippen LogP contribution in [0, 0.1) is 12.7 Å². The minimum atomic E-state index is -0.317. The Hall–Kier alpha value is -1.75. The third-order valence-corrected chi connectivity index (χ3v) is 2.66. The highest BCUT2D eigenvalue weighted by atomic mass is 19.1. The molecule has 0 aliphatic heterocycles. The van der Waals surface area contributed by atoms with Crippen LogP contribution in [0.5, 0.6) is 0 Å². The van der Waals surface area contributed by atoms with Gasteiger partial charge in [0.15, 0.2) is 5.82 Å². The molecule has 0 fully saturated rings. The van der Waals surface area contributed by atoms with Gasteiger partial charge in [0.25, 0.3) is 5.89 Å². The van der Waals surface area contributed by atoms with Crippen LogP contribution in [0.15, 0.2) is 22.7 Å². The zero-order chi connectivity index (χ0) is 13.1. The van der Waals surface area contributed by atoms with Gasteiger partial charge in [-0.1, -0.05) is 18.5 Å². The first-order chi connectivity index (χ1) is 8.60. The van der Waals surface area contributed by atoms with Gasteiger partial charge in [-0.2, -0.15) is 4.98 Å². The van der Waals surface area contributed by atoms with E-state index in [1.165, 1.54) is 12.1 Å². The molecule has 1 aromatic heterocycles. The van der Waals surface area contributed by atoms with Crippen molar-refractivity contribution in [1.29, 1.82) is 0 Å². The second kappa shape index (κ2) is 5.27. The average molecular weight is 249 g/mol. The summed E-state index contributed by atoms with van der Waals surface area (Å²) in [6, 6.07) is 4.38. The summed E-state index contributed by atoms with van der Waals surface area (Å²) in [6.45, 7) is 3.85. The molecule has 96 valence electrons. The first-order valence-electron chi connectivity index (χ1n) is 5.97. The molecular formula is C13H16FN3O. The van der Waals surface area contributed by atoms with Gasteiger partial charge in [0, 0.05) is 5.56 Å². The van der Waals surface area contributed by atoms with Crippen molar-refractivity contribution in [1.82, 2.24) is 10.1 Å². The Kier molecular flexibility index (Phi) is 3.72. The normalized spacial score (nSPS) is 12.7. The molecule has 1 aromatic carbocycles. The molecule has 0 radical (unpaired) electrons. The number of aromatic nitrogens is 2. The summed E-state index contributed by atoms with van der Waals surface area (Å²) in [5, 5.41) is 3.84. The largest absolute Gasteiger partial charge is 0.334 e. The molecule has 2 rings (SSSR count). The van der Waals surface area contributed by atoms with E-state index in [4.69, 9.17) is 10.3 Å². The van der Waals surface area contributed by atoms with Gasteiger partial charge >= 0.3 is 0 Å². The predicted molar refractivity (Wildman–Crippen MR) is 66.3 cm³/mol. The predicted octanol–water partition coefficient (Wildman–Crippen LogP) is 2.98. The van der Waals surface area contributed by atoms with E-state index in [2.05, 4.69) is 10.1 Å². The van der Waals surface area contributed by atoms with Crippen molar-refractivity contribution in [2.24, 2.45) is 5.73 Å². The van der Waals surface area contributed by atoms with Crippen molar-refractivity contribution in [3.63, 3.8) is 0 Å². The van der Waals surface area contributed by atoms with E-state index in [0.29, 0.717) is 17.3 Å². The van der Waals surface area contributed by atoms with Gasteiger partial charge in [-0.05, 0) is 37.1 Å². The van der Waals surface area contributed by atoms with E-state index in [1.807, 2.05) is 13.8 Å². The standard InChI is InChI=1S/C13H16FN3O/c1-3-4-11(15)12-16-13(18-17-12)9-5-8(2)6-10(14)7-9/h5-7,11H,3-4,15H2,1-2H3. The van der Waals surface area contributed by atoms with Gasteiger partial charge in [-0.25, -0.2) is 4.39 Å². The number of nitrogens with two attached hydrogens (primary N) is 1. The molecule has 0 spiro atoms. The second-order valence-corrected chi connectivity index (χ2v) is 4.37. The summed E-state index contributed by atoms with van der Waals surface area (Å²) >= 11 is 0. The van der Waals surface area contributed by atoms with Crippen molar-refractivity contribution < 1.29 is 8.91 Å². The van der Waals surface area contributed by atoms with Gasteiger partial charge < -0.3 is 10.3 Å². The first-order valence-corrected chi connectivity index (χ1v) is 5.97. The molecule has 0 aliphatic carbocycles. The van der Waals surface area contributed by atoms with Crippen LogP contribution >= 0.6 is 0 Å². The van der Waals surface area contributed by atoms with Crippen molar-refractivity contribution in [3.05, 3.63) is 35.4 Å². The third-order valence-electron chi connectivity index (χ3n) is 2.66. The van der Waals surface area contributed by atoms with Gasteiger partial charge in [0.1, 0.15) is 5.82 Å². The van der Waals surface area contributed by atoms with Crippen LogP contribution in [0.4, 0.5) is 4.39 Å². The van der Waals surface area contributed by atoms with Crippen molar-refractivity contribution >= 4 is 0 Å². The molecule has 5 heteroatoms. The average Bonchev–Trinajstić information content (AvgIpc) is 2.77. The zero-order valence-corrected chi connectivity index (χ0v) is 10.5. The number of nitrogens with zero attached hydrogens (tertiary/aromatic N) is 2. The highest BCUT2D eigenvalue weighted by molar-refractivity contribution is 5.54. The maximum Gasteiger partial charge on any atom is 0.258 e. The van der Waals surface area contributed by atoms with Gasteiger partial charge in [-0.3, -0.25) is 0 Å². The lowest BCUT2D eigenvalue weighted by Crippen LogP contribution is -2.11. The molecule has 1 heterocycles. The van der Waals surface area contributed by atoms with Gasteiger partial charge in [-0.15, -0.1) is 0 Å². The van der Waals surface area contributed by atoms with Crippen LogP contribution < -0.4 is 5.73 Å². The minimum absolute atomic E-state index is 0.234. The summed E-state index contributed by atoms with van der Waals surface area (Å²) in [4.78, 5) is 4.21. The maximum atomic E-state index is 13.3. The minimum Gasteiger partial charge on any atom is -0.334 e. The van der Waals surface area contributed by atoms with E-state index in [-0.39, 0.29) is 11.9 Å². The lowest BCUT2D eigenvalue weighted by molar-refractivity contribution is 0.413. The van der Waals surface area contributed by atoms with Crippen molar-refractivity contribution in [2.75, 3.05) is 0 Å². The SMILES string of the molecule is CCCC(N)c1noc(-c2cc(C)cc(F)c2)n1. The molecule has 1 unspecified atom stereocenters. The van der Waals surface area contributed by atoms with Crippen LogP contribution in [-0.4, -0.2) is 10.1 Å². The third kappa shape index (κ3) is 2.73. The fourth-order valence-electron chi connectivity index (χ4n) is 1.80. The Labute approximate surface area is 105 Å². The molecule has 0 bridgehead atoms. The topological polar surface area (TPSA) is 64.9 Å². The molecule has 0 saturated carbocycles. The Morgan fingerprint density at radius 2 is 2.17 bits per heavy atom. The van der Waals surface area contributed by atoms with Gasteiger partial charge in [0.05, 0.1) is 6.04 Å². The lowest BCUT2D eigenvalue weighted by atomic mass is 10.1. The smallest absolute Gasteiger partial charge is 0.258 e. The maximum absolute atomic E-state index is 13.3. The Balaban J connectivity index is 2.29. The summed E-state index contributed by atoms with van der Waals surface area (Å²) in [6.07, 6.45) is 1.74. The molecule has 4 nitrogen and oxygen atoms in total. The molecule has 2 aromatic rings. The monoisotopic (exact) mass is 249 g/mol.